The molecule has 4 aromatic rings. The quantitative estimate of drug-likeness (QED) is 0.281. The van der Waals surface area contributed by atoms with Crippen molar-refractivity contribution in [2.24, 2.45) is 5.73 Å². The van der Waals surface area contributed by atoms with Gasteiger partial charge in [-0.2, -0.15) is 0 Å². The SMILES string of the molecule is CN.O=c1c(C2CCCCC2)coc2ccc(OC(CCCc3ccccc3)c3ccccc3)cc12. The van der Waals surface area contributed by atoms with Crippen molar-refractivity contribution in [2.45, 2.75) is 63.4 Å². The van der Waals surface area contributed by atoms with E-state index >= 15 is 0 Å². The van der Waals surface area contributed by atoms with Crippen LogP contribution in [0.3, 0.4) is 0 Å². The van der Waals surface area contributed by atoms with Crippen molar-refractivity contribution in [1.82, 2.24) is 0 Å². The Hall–Kier alpha value is -3.37. The van der Waals surface area contributed by atoms with Gasteiger partial charge in [-0.15, -0.1) is 0 Å². The van der Waals surface area contributed by atoms with Crippen LogP contribution in [0.4, 0.5) is 0 Å². The second kappa shape index (κ2) is 13.1. The first-order valence-electron chi connectivity index (χ1n) is 13.2. The van der Waals surface area contributed by atoms with Crippen LogP contribution in [-0.4, -0.2) is 7.05 Å². The molecule has 0 spiro atoms. The highest BCUT2D eigenvalue weighted by Gasteiger charge is 2.21. The van der Waals surface area contributed by atoms with Gasteiger partial charge in [0.2, 0.25) is 0 Å². The molecule has 1 heterocycles. The standard InChI is InChI=1S/C31H32O3.CH5N/c32-31-27-21-26(19-20-30(27)33-22-28(31)24-14-6-2-7-15-24)34-29(25-16-8-3-9-17-25)18-10-13-23-11-4-1-5-12-23;1-2/h1,3-5,8-9,11-12,16-17,19-22,24,29H,2,6-7,10,13-15,18H2;2H2,1H3. The van der Waals surface area contributed by atoms with Gasteiger partial charge in [0, 0.05) is 5.56 Å². The molecule has 1 aliphatic rings. The fourth-order valence-electron chi connectivity index (χ4n) is 5.16. The molecule has 1 aliphatic carbocycles. The van der Waals surface area contributed by atoms with Gasteiger partial charge in [0.1, 0.15) is 17.4 Å². The Morgan fingerprint density at radius 3 is 2.33 bits per heavy atom. The molecule has 4 heteroatoms. The lowest BCUT2D eigenvalue weighted by Gasteiger charge is -2.21. The second-order valence-electron chi connectivity index (χ2n) is 9.41. The fourth-order valence-corrected chi connectivity index (χ4v) is 5.16. The first kappa shape index (κ1) is 25.7. The van der Waals surface area contributed by atoms with E-state index in [4.69, 9.17) is 9.15 Å². The van der Waals surface area contributed by atoms with Crippen LogP contribution in [0.2, 0.25) is 0 Å². The maximum Gasteiger partial charge on any atom is 0.196 e. The van der Waals surface area contributed by atoms with Gasteiger partial charge in [0.25, 0.3) is 0 Å². The number of ether oxygens (including phenoxy) is 1. The van der Waals surface area contributed by atoms with Gasteiger partial charge in [-0.25, -0.2) is 0 Å². The molecule has 4 nitrogen and oxygen atoms in total. The van der Waals surface area contributed by atoms with Gasteiger partial charge in [-0.1, -0.05) is 79.9 Å². The van der Waals surface area contributed by atoms with Gasteiger partial charge in [-0.3, -0.25) is 4.79 Å². The number of aryl methyl sites for hydroxylation is 1. The summed E-state index contributed by atoms with van der Waals surface area (Å²) in [5, 5.41) is 0.622. The van der Waals surface area contributed by atoms with Crippen LogP contribution in [0.1, 0.15) is 73.7 Å². The van der Waals surface area contributed by atoms with Crippen molar-refractivity contribution >= 4 is 11.0 Å². The van der Waals surface area contributed by atoms with Crippen molar-refractivity contribution in [3.8, 4) is 5.75 Å². The number of hydrogen-bond acceptors (Lipinski definition) is 4. The monoisotopic (exact) mass is 483 g/mol. The third kappa shape index (κ3) is 6.44. The van der Waals surface area contributed by atoms with Gasteiger partial charge >= 0.3 is 0 Å². The summed E-state index contributed by atoms with van der Waals surface area (Å²) in [6, 6.07) is 26.6. The van der Waals surface area contributed by atoms with Gasteiger partial charge < -0.3 is 14.9 Å². The zero-order chi connectivity index (χ0) is 25.2. The molecule has 1 saturated carbocycles. The minimum absolute atomic E-state index is 0.0732. The number of rotatable bonds is 8. The lowest BCUT2D eigenvalue weighted by Crippen LogP contribution is -2.16. The molecule has 36 heavy (non-hydrogen) atoms. The summed E-state index contributed by atoms with van der Waals surface area (Å²) in [5.74, 6) is 1.03. The second-order valence-corrected chi connectivity index (χ2v) is 9.41. The molecule has 1 aromatic heterocycles. The molecular formula is C32H37NO3. The summed E-state index contributed by atoms with van der Waals surface area (Å²) in [7, 11) is 1.50. The minimum atomic E-state index is -0.0732. The average molecular weight is 484 g/mol. The van der Waals surface area contributed by atoms with Crippen molar-refractivity contribution in [1.29, 1.82) is 0 Å². The van der Waals surface area contributed by atoms with E-state index in [1.54, 1.807) is 6.26 Å². The van der Waals surface area contributed by atoms with Crippen LogP contribution in [0.25, 0.3) is 11.0 Å². The molecule has 1 fully saturated rings. The van der Waals surface area contributed by atoms with Crippen LogP contribution in [0.5, 0.6) is 5.75 Å². The molecular weight excluding hydrogens is 446 g/mol. The molecule has 0 amide bonds. The molecule has 0 radical (unpaired) electrons. The van der Waals surface area contributed by atoms with E-state index in [9.17, 15) is 4.79 Å². The Labute approximate surface area is 214 Å². The maximum absolute atomic E-state index is 13.3. The van der Waals surface area contributed by atoms with Gasteiger partial charge in [0.15, 0.2) is 5.43 Å². The number of benzene rings is 3. The van der Waals surface area contributed by atoms with Crippen LogP contribution < -0.4 is 15.9 Å². The predicted octanol–water partition coefficient (Wildman–Crippen LogP) is 7.56. The topological polar surface area (TPSA) is 65.5 Å². The molecule has 1 atom stereocenters. The summed E-state index contributed by atoms with van der Waals surface area (Å²) >= 11 is 0. The average Bonchev–Trinajstić information content (AvgIpc) is 2.95. The maximum atomic E-state index is 13.3. The van der Waals surface area contributed by atoms with Crippen molar-refractivity contribution in [3.63, 3.8) is 0 Å². The zero-order valence-electron chi connectivity index (χ0n) is 21.2. The molecule has 0 aliphatic heterocycles. The summed E-state index contributed by atoms with van der Waals surface area (Å²) in [5.41, 5.74) is 8.54. The number of nitrogens with two attached hydrogens (primary N) is 1. The molecule has 3 aromatic carbocycles. The van der Waals surface area contributed by atoms with E-state index in [-0.39, 0.29) is 11.5 Å². The van der Waals surface area contributed by atoms with Crippen LogP contribution in [0.15, 0.2) is 94.3 Å². The lowest BCUT2D eigenvalue weighted by atomic mass is 9.84. The first-order chi connectivity index (χ1) is 17.8. The summed E-state index contributed by atoms with van der Waals surface area (Å²) < 4.78 is 12.4. The van der Waals surface area contributed by atoms with E-state index in [1.165, 1.54) is 31.9 Å². The van der Waals surface area contributed by atoms with Crippen molar-refractivity contribution in [2.75, 3.05) is 7.05 Å². The number of hydrogen-bond donors (Lipinski definition) is 1. The van der Waals surface area contributed by atoms with E-state index in [1.807, 2.05) is 36.4 Å². The summed E-state index contributed by atoms with van der Waals surface area (Å²) in [6.07, 6.45) is 10.3. The molecule has 2 N–H and O–H groups in total. The third-order valence-electron chi connectivity index (χ3n) is 7.04. The highest BCUT2D eigenvalue weighted by atomic mass is 16.5. The Morgan fingerprint density at radius 2 is 1.61 bits per heavy atom. The molecule has 188 valence electrons. The molecule has 1 unspecified atom stereocenters. The first-order valence-corrected chi connectivity index (χ1v) is 13.2. The van der Waals surface area contributed by atoms with E-state index in [0.717, 1.165) is 43.2 Å². The predicted molar refractivity (Wildman–Crippen MR) is 148 cm³/mol. The van der Waals surface area contributed by atoms with E-state index < -0.39 is 0 Å². The third-order valence-corrected chi connectivity index (χ3v) is 7.04. The Morgan fingerprint density at radius 1 is 0.917 bits per heavy atom. The van der Waals surface area contributed by atoms with E-state index in [2.05, 4.69) is 48.2 Å². The lowest BCUT2D eigenvalue weighted by molar-refractivity contribution is 0.192. The van der Waals surface area contributed by atoms with Crippen molar-refractivity contribution in [3.05, 3.63) is 112 Å². The highest BCUT2D eigenvalue weighted by Crippen LogP contribution is 2.33. The van der Waals surface area contributed by atoms with E-state index in [0.29, 0.717) is 22.6 Å². The minimum Gasteiger partial charge on any atom is -0.486 e. The van der Waals surface area contributed by atoms with Gasteiger partial charge in [0.05, 0.1) is 11.6 Å². The molecule has 0 bridgehead atoms. The zero-order valence-corrected chi connectivity index (χ0v) is 21.2. The number of fused-ring (bicyclic) bond motifs is 1. The molecule has 0 saturated heterocycles. The normalized spacial score (nSPS) is 14.6. The van der Waals surface area contributed by atoms with Crippen LogP contribution in [-0.2, 0) is 6.42 Å². The Kier molecular flexibility index (Phi) is 9.34. The smallest absolute Gasteiger partial charge is 0.196 e. The Balaban J connectivity index is 0.00000148. The summed E-state index contributed by atoms with van der Waals surface area (Å²) in [4.78, 5) is 13.3. The fraction of sp³-hybridized carbons (Fsp3) is 0.344. The Bertz CT molecular complexity index is 1260. The van der Waals surface area contributed by atoms with Crippen LogP contribution in [0, 0.1) is 0 Å². The summed E-state index contributed by atoms with van der Waals surface area (Å²) in [6.45, 7) is 0. The van der Waals surface area contributed by atoms with Crippen LogP contribution >= 0.6 is 0 Å². The molecule has 5 rings (SSSR count). The largest absolute Gasteiger partial charge is 0.486 e. The van der Waals surface area contributed by atoms with Gasteiger partial charge in [-0.05, 0) is 74.4 Å². The highest BCUT2D eigenvalue weighted by molar-refractivity contribution is 5.78. The van der Waals surface area contributed by atoms with Crippen molar-refractivity contribution < 1.29 is 9.15 Å².